The van der Waals surface area contributed by atoms with Gasteiger partial charge in [0.1, 0.15) is 18.0 Å². The van der Waals surface area contributed by atoms with Crippen molar-refractivity contribution in [2.24, 2.45) is 11.8 Å². The van der Waals surface area contributed by atoms with E-state index in [1.807, 2.05) is 0 Å². The number of rotatable bonds is 7. The molecule has 1 aromatic rings. The van der Waals surface area contributed by atoms with E-state index in [1.165, 1.54) is 19.3 Å². The van der Waals surface area contributed by atoms with E-state index >= 15 is 0 Å². The Labute approximate surface area is 163 Å². The molecule has 1 aromatic heterocycles. The van der Waals surface area contributed by atoms with Gasteiger partial charge in [-0.1, -0.05) is 13.8 Å². The molecule has 2 atom stereocenters. The molecule has 0 aromatic carbocycles. The van der Waals surface area contributed by atoms with Crippen LogP contribution in [0.4, 0.5) is 11.6 Å². The largest absolute Gasteiger partial charge is 0.370 e. The summed E-state index contributed by atoms with van der Waals surface area (Å²) in [6, 6.07) is 2.05. The van der Waals surface area contributed by atoms with Crippen LogP contribution < -0.4 is 10.2 Å². The molecule has 3 heterocycles. The van der Waals surface area contributed by atoms with Crippen LogP contribution in [0.2, 0.25) is 0 Å². The topological polar surface area (TPSA) is 61.4 Å². The predicted octanol–water partition coefficient (Wildman–Crippen LogP) is 3.55. The van der Waals surface area contributed by atoms with E-state index in [-0.39, 0.29) is 0 Å². The third-order valence-corrected chi connectivity index (χ3v) is 5.83. The maximum atomic E-state index is 12.6. The van der Waals surface area contributed by atoms with Gasteiger partial charge in [0.05, 0.1) is 0 Å². The predicted molar refractivity (Wildman–Crippen MR) is 110 cm³/mol. The molecule has 3 rings (SSSR count). The summed E-state index contributed by atoms with van der Waals surface area (Å²) in [5, 5.41) is 3.34. The summed E-state index contributed by atoms with van der Waals surface area (Å²) in [4.78, 5) is 25.8. The number of carbonyl (C=O) groups excluding carboxylic acids is 1. The molecule has 2 aliphatic heterocycles. The van der Waals surface area contributed by atoms with E-state index in [0.29, 0.717) is 24.2 Å². The number of likely N-dealkylation sites (tertiary alicyclic amines) is 1. The van der Waals surface area contributed by atoms with Crippen LogP contribution in [-0.2, 0) is 4.79 Å². The first-order valence-corrected chi connectivity index (χ1v) is 10.7. The fourth-order valence-electron chi connectivity index (χ4n) is 4.28. The molecule has 1 N–H and O–H groups in total. The Morgan fingerprint density at radius 3 is 2.89 bits per heavy atom. The molecular weight excluding hydrogens is 338 g/mol. The molecule has 2 fully saturated rings. The monoisotopic (exact) mass is 373 g/mol. The molecule has 27 heavy (non-hydrogen) atoms. The van der Waals surface area contributed by atoms with E-state index in [4.69, 9.17) is 0 Å². The van der Waals surface area contributed by atoms with Crippen molar-refractivity contribution in [3.05, 3.63) is 12.4 Å². The van der Waals surface area contributed by atoms with Gasteiger partial charge in [0.25, 0.3) is 0 Å². The summed E-state index contributed by atoms with van der Waals surface area (Å²) < 4.78 is 0. The lowest BCUT2D eigenvalue weighted by Crippen LogP contribution is -2.40. The number of nitrogens with zero attached hydrogens (tertiary/aromatic N) is 4. The summed E-state index contributed by atoms with van der Waals surface area (Å²) in [6.45, 7) is 9.26. The molecule has 0 aliphatic carbocycles. The van der Waals surface area contributed by atoms with Gasteiger partial charge in [-0.2, -0.15) is 0 Å². The highest BCUT2D eigenvalue weighted by Crippen LogP contribution is 2.26. The molecular formula is C21H35N5O. The van der Waals surface area contributed by atoms with E-state index in [1.54, 1.807) is 6.33 Å². The fraction of sp³-hybridized carbons (Fsp3) is 0.762. The van der Waals surface area contributed by atoms with Crippen molar-refractivity contribution in [1.82, 2.24) is 14.9 Å². The Kier molecular flexibility index (Phi) is 7.30. The summed E-state index contributed by atoms with van der Waals surface area (Å²) in [7, 11) is 0. The average molecular weight is 374 g/mol. The molecule has 6 nitrogen and oxygen atoms in total. The standard InChI is InChI=1S/C21H35N5O/c1-3-10-22-19-13-20(24-16-23-19)25-11-5-7-18(15-25)8-9-21(27)26-12-4-6-17(2)14-26/h13,16-18H,3-12,14-15H2,1-2H3,(H,22,23,24)/t17-,18+/m0/s1. The molecule has 6 heteroatoms. The zero-order valence-corrected chi connectivity index (χ0v) is 17.0. The van der Waals surface area contributed by atoms with Crippen LogP contribution in [0, 0.1) is 11.8 Å². The lowest BCUT2D eigenvalue weighted by molar-refractivity contribution is -0.133. The third kappa shape index (κ3) is 5.81. The minimum Gasteiger partial charge on any atom is -0.370 e. The Bertz CT molecular complexity index is 608. The molecule has 1 amide bonds. The Morgan fingerprint density at radius 2 is 2.07 bits per heavy atom. The first-order valence-electron chi connectivity index (χ1n) is 10.7. The van der Waals surface area contributed by atoms with Gasteiger partial charge in [0.2, 0.25) is 5.91 Å². The molecule has 0 saturated carbocycles. The number of hydrogen-bond acceptors (Lipinski definition) is 5. The second-order valence-corrected chi connectivity index (χ2v) is 8.27. The quantitative estimate of drug-likeness (QED) is 0.792. The van der Waals surface area contributed by atoms with Crippen molar-refractivity contribution in [3.63, 3.8) is 0 Å². The van der Waals surface area contributed by atoms with Crippen LogP contribution in [0.3, 0.4) is 0 Å². The van der Waals surface area contributed by atoms with Crippen molar-refractivity contribution in [3.8, 4) is 0 Å². The van der Waals surface area contributed by atoms with Crippen LogP contribution >= 0.6 is 0 Å². The first-order chi connectivity index (χ1) is 13.2. The fourth-order valence-corrected chi connectivity index (χ4v) is 4.28. The van der Waals surface area contributed by atoms with Crippen molar-refractivity contribution in [2.75, 3.05) is 42.9 Å². The summed E-state index contributed by atoms with van der Waals surface area (Å²) in [5.41, 5.74) is 0. The smallest absolute Gasteiger partial charge is 0.222 e. The summed E-state index contributed by atoms with van der Waals surface area (Å²) in [5.74, 6) is 3.49. The van der Waals surface area contributed by atoms with Gasteiger partial charge in [0, 0.05) is 45.2 Å². The maximum Gasteiger partial charge on any atom is 0.222 e. The van der Waals surface area contributed by atoms with Crippen molar-refractivity contribution in [1.29, 1.82) is 0 Å². The highest BCUT2D eigenvalue weighted by molar-refractivity contribution is 5.76. The second kappa shape index (κ2) is 9.90. The van der Waals surface area contributed by atoms with Crippen molar-refractivity contribution in [2.45, 2.75) is 58.8 Å². The molecule has 2 saturated heterocycles. The Hall–Kier alpha value is -1.85. The van der Waals surface area contributed by atoms with Crippen LogP contribution in [0.5, 0.6) is 0 Å². The normalized spacial score (nSPS) is 23.3. The minimum absolute atomic E-state index is 0.353. The number of carbonyl (C=O) groups is 1. The van der Waals surface area contributed by atoms with Gasteiger partial charge in [-0.15, -0.1) is 0 Å². The number of piperidine rings is 2. The Morgan fingerprint density at radius 1 is 1.22 bits per heavy atom. The average Bonchev–Trinajstić information content (AvgIpc) is 2.71. The van der Waals surface area contributed by atoms with Gasteiger partial charge in [-0.25, -0.2) is 9.97 Å². The van der Waals surface area contributed by atoms with E-state index in [2.05, 4.69) is 45.0 Å². The van der Waals surface area contributed by atoms with Crippen LogP contribution in [0.15, 0.2) is 12.4 Å². The minimum atomic E-state index is 0.353. The lowest BCUT2D eigenvalue weighted by Gasteiger charge is -2.35. The number of hydrogen-bond donors (Lipinski definition) is 1. The maximum absolute atomic E-state index is 12.6. The highest BCUT2D eigenvalue weighted by atomic mass is 16.2. The molecule has 150 valence electrons. The molecule has 0 radical (unpaired) electrons. The Balaban J connectivity index is 1.50. The van der Waals surface area contributed by atoms with Gasteiger partial charge < -0.3 is 15.1 Å². The summed E-state index contributed by atoms with van der Waals surface area (Å²) >= 11 is 0. The van der Waals surface area contributed by atoms with Gasteiger partial charge in [0.15, 0.2) is 0 Å². The second-order valence-electron chi connectivity index (χ2n) is 8.27. The number of amides is 1. The van der Waals surface area contributed by atoms with E-state index in [9.17, 15) is 4.79 Å². The van der Waals surface area contributed by atoms with Crippen LogP contribution in [0.1, 0.15) is 58.8 Å². The molecule has 0 bridgehead atoms. The van der Waals surface area contributed by atoms with E-state index < -0.39 is 0 Å². The lowest BCUT2D eigenvalue weighted by atomic mass is 9.92. The zero-order valence-electron chi connectivity index (χ0n) is 17.0. The number of aromatic nitrogens is 2. The van der Waals surface area contributed by atoms with E-state index in [0.717, 1.165) is 63.6 Å². The third-order valence-electron chi connectivity index (χ3n) is 5.83. The number of nitrogens with one attached hydrogen (secondary N) is 1. The molecule has 0 spiro atoms. The van der Waals surface area contributed by atoms with Crippen LogP contribution in [0.25, 0.3) is 0 Å². The van der Waals surface area contributed by atoms with Gasteiger partial charge >= 0.3 is 0 Å². The zero-order chi connectivity index (χ0) is 19.1. The molecule has 0 unspecified atom stereocenters. The first kappa shape index (κ1) is 19.9. The molecule has 2 aliphatic rings. The number of anilines is 2. The van der Waals surface area contributed by atoms with Crippen molar-refractivity contribution < 1.29 is 4.79 Å². The SMILES string of the molecule is CCCNc1cc(N2CCC[C@H](CCC(=O)N3CCC[C@H](C)C3)C2)ncn1. The van der Waals surface area contributed by atoms with Crippen LogP contribution in [-0.4, -0.2) is 53.5 Å². The highest BCUT2D eigenvalue weighted by Gasteiger charge is 2.25. The van der Waals surface area contributed by atoms with Gasteiger partial charge in [-0.3, -0.25) is 4.79 Å². The van der Waals surface area contributed by atoms with Crippen molar-refractivity contribution >= 4 is 17.5 Å². The summed E-state index contributed by atoms with van der Waals surface area (Å²) in [6.07, 6.45) is 9.21. The van der Waals surface area contributed by atoms with Gasteiger partial charge in [-0.05, 0) is 50.4 Å².